The first kappa shape index (κ1) is 15.9. The molecule has 5 rings (SSSR count). The van der Waals surface area contributed by atoms with Crippen molar-refractivity contribution in [3.05, 3.63) is 72.6 Å². The summed E-state index contributed by atoms with van der Waals surface area (Å²) in [5.74, 6) is 0.635. The van der Waals surface area contributed by atoms with Gasteiger partial charge in [-0.25, -0.2) is 9.97 Å². The Morgan fingerprint density at radius 3 is 2.89 bits per heavy atom. The summed E-state index contributed by atoms with van der Waals surface area (Å²) in [5.41, 5.74) is 1.41. The summed E-state index contributed by atoms with van der Waals surface area (Å²) >= 11 is 0. The molecule has 3 aromatic heterocycles. The largest absolute Gasteiger partial charge is 0.329 e. The van der Waals surface area contributed by atoms with Gasteiger partial charge in [0.1, 0.15) is 5.69 Å². The SMILES string of the molecule is O=C(c1nccc2ccccc12)N1CCCCC1c1ccn2ccnc2n1. The molecular weight excluding hydrogens is 338 g/mol. The molecule has 1 amide bonds. The fraction of sp³-hybridized carbons (Fsp3) is 0.238. The normalized spacial score (nSPS) is 17.5. The lowest BCUT2D eigenvalue weighted by Crippen LogP contribution is -2.39. The molecule has 1 fully saturated rings. The van der Waals surface area contributed by atoms with Crippen LogP contribution in [0.2, 0.25) is 0 Å². The first-order chi connectivity index (χ1) is 13.3. The number of carbonyl (C=O) groups is 1. The second kappa shape index (κ2) is 6.46. The van der Waals surface area contributed by atoms with Crippen molar-refractivity contribution >= 4 is 22.5 Å². The number of aromatic nitrogens is 4. The van der Waals surface area contributed by atoms with Crippen LogP contribution in [-0.2, 0) is 0 Å². The van der Waals surface area contributed by atoms with Gasteiger partial charge in [-0.1, -0.05) is 24.3 Å². The maximum absolute atomic E-state index is 13.4. The van der Waals surface area contributed by atoms with E-state index in [1.165, 1.54) is 0 Å². The predicted molar refractivity (Wildman–Crippen MR) is 102 cm³/mol. The molecule has 134 valence electrons. The maximum atomic E-state index is 13.4. The molecule has 1 unspecified atom stereocenters. The van der Waals surface area contributed by atoms with E-state index in [9.17, 15) is 4.79 Å². The van der Waals surface area contributed by atoms with Crippen LogP contribution in [0.3, 0.4) is 0 Å². The van der Waals surface area contributed by atoms with Crippen LogP contribution in [0.25, 0.3) is 16.6 Å². The van der Waals surface area contributed by atoms with Crippen molar-refractivity contribution in [2.45, 2.75) is 25.3 Å². The summed E-state index contributed by atoms with van der Waals surface area (Å²) < 4.78 is 1.88. The molecule has 6 nitrogen and oxygen atoms in total. The Hall–Kier alpha value is -3.28. The number of pyridine rings is 1. The van der Waals surface area contributed by atoms with Crippen molar-refractivity contribution < 1.29 is 4.79 Å². The number of hydrogen-bond donors (Lipinski definition) is 0. The Labute approximate surface area is 156 Å². The summed E-state index contributed by atoms with van der Waals surface area (Å²) in [6.07, 6.45) is 10.3. The van der Waals surface area contributed by atoms with Gasteiger partial charge in [0.15, 0.2) is 0 Å². The predicted octanol–water partition coefficient (Wildman–Crippen LogP) is 3.64. The molecule has 6 heteroatoms. The molecule has 0 bridgehead atoms. The van der Waals surface area contributed by atoms with Crippen LogP contribution in [0.1, 0.15) is 41.5 Å². The van der Waals surface area contributed by atoms with Crippen LogP contribution < -0.4 is 0 Å². The standard InChI is InChI=1S/C21H19N5O/c27-20(19-16-6-2-1-5-15(16)8-10-22-19)26-12-4-3-7-18(26)17-9-13-25-14-11-23-21(25)24-17/h1-2,5-6,8-11,13-14,18H,3-4,7,12H2. The first-order valence-corrected chi connectivity index (χ1v) is 9.25. The minimum atomic E-state index is -0.0475. The van der Waals surface area contributed by atoms with Crippen molar-refractivity contribution in [3.63, 3.8) is 0 Å². The van der Waals surface area contributed by atoms with E-state index in [-0.39, 0.29) is 11.9 Å². The van der Waals surface area contributed by atoms with Gasteiger partial charge in [0.25, 0.3) is 5.91 Å². The zero-order valence-electron chi connectivity index (χ0n) is 14.8. The van der Waals surface area contributed by atoms with Crippen molar-refractivity contribution in [2.24, 2.45) is 0 Å². The van der Waals surface area contributed by atoms with Crippen LogP contribution >= 0.6 is 0 Å². The fourth-order valence-electron chi connectivity index (χ4n) is 3.91. The average molecular weight is 357 g/mol. The second-order valence-corrected chi connectivity index (χ2v) is 6.88. The minimum absolute atomic E-state index is 0.0264. The number of carbonyl (C=O) groups excluding carboxylic acids is 1. The monoisotopic (exact) mass is 357 g/mol. The van der Waals surface area contributed by atoms with E-state index in [1.54, 1.807) is 12.4 Å². The third-order valence-corrected chi connectivity index (χ3v) is 5.26. The van der Waals surface area contributed by atoms with Gasteiger partial charge in [0.05, 0.1) is 11.7 Å². The smallest absolute Gasteiger partial charge is 0.273 e. The highest BCUT2D eigenvalue weighted by atomic mass is 16.2. The molecular formula is C21H19N5O. The molecule has 27 heavy (non-hydrogen) atoms. The number of rotatable bonds is 2. The molecule has 4 heterocycles. The Morgan fingerprint density at radius 1 is 1.00 bits per heavy atom. The molecule has 1 aliphatic rings. The molecule has 1 aromatic carbocycles. The Balaban J connectivity index is 1.55. The lowest BCUT2D eigenvalue weighted by Gasteiger charge is -2.35. The van der Waals surface area contributed by atoms with Gasteiger partial charge < -0.3 is 4.90 Å². The number of benzene rings is 1. The molecule has 0 saturated carbocycles. The van der Waals surface area contributed by atoms with E-state index >= 15 is 0 Å². The van der Waals surface area contributed by atoms with Gasteiger partial charge in [-0.2, -0.15) is 0 Å². The first-order valence-electron chi connectivity index (χ1n) is 9.25. The summed E-state index contributed by atoms with van der Waals surface area (Å²) in [4.78, 5) is 28.7. The fourth-order valence-corrected chi connectivity index (χ4v) is 3.91. The molecule has 4 aromatic rings. The van der Waals surface area contributed by atoms with Crippen LogP contribution in [0.4, 0.5) is 0 Å². The van der Waals surface area contributed by atoms with Crippen LogP contribution in [0.5, 0.6) is 0 Å². The summed E-state index contributed by atoms with van der Waals surface area (Å²) in [7, 11) is 0. The van der Waals surface area contributed by atoms with E-state index in [0.717, 1.165) is 42.3 Å². The Morgan fingerprint density at radius 2 is 1.93 bits per heavy atom. The van der Waals surface area contributed by atoms with Gasteiger partial charge in [0.2, 0.25) is 5.78 Å². The topological polar surface area (TPSA) is 63.4 Å². The van der Waals surface area contributed by atoms with Gasteiger partial charge in [-0.15, -0.1) is 0 Å². The Kier molecular flexibility index (Phi) is 3.81. The minimum Gasteiger partial charge on any atom is -0.329 e. The third-order valence-electron chi connectivity index (χ3n) is 5.26. The van der Waals surface area contributed by atoms with Gasteiger partial charge in [-0.05, 0) is 36.8 Å². The van der Waals surface area contributed by atoms with Crippen LogP contribution in [0.15, 0.2) is 61.2 Å². The number of piperidine rings is 1. The number of likely N-dealkylation sites (tertiary alicyclic amines) is 1. The van der Waals surface area contributed by atoms with E-state index < -0.39 is 0 Å². The lowest BCUT2D eigenvalue weighted by molar-refractivity contribution is 0.0602. The third kappa shape index (κ3) is 2.73. The molecule has 0 radical (unpaired) electrons. The summed E-state index contributed by atoms with van der Waals surface area (Å²) in [6, 6.07) is 11.8. The quantitative estimate of drug-likeness (QED) is 0.549. The Bertz CT molecular complexity index is 1130. The zero-order chi connectivity index (χ0) is 18.2. The molecule has 0 aliphatic carbocycles. The molecule has 1 aliphatic heterocycles. The number of imidazole rings is 1. The highest BCUT2D eigenvalue weighted by molar-refractivity contribution is 6.05. The highest BCUT2D eigenvalue weighted by Crippen LogP contribution is 2.32. The second-order valence-electron chi connectivity index (χ2n) is 6.88. The summed E-state index contributed by atoms with van der Waals surface area (Å²) in [6.45, 7) is 0.718. The lowest BCUT2D eigenvalue weighted by atomic mass is 9.98. The highest BCUT2D eigenvalue weighted by Gasteiger charge is 2.31. The van der Waals surface area contributed by atoms with Crippen molar-refractivity contribution in [2.75, 3.05) is 6.54 Å². The average Bonchev–Trinajstić information content (AvgIpc) is 3.21. The summed E-state index contributed by atoms with van der Waals surface area (Å²) in [5, 5.41) is 1.92. The van der Waals surface area contributed by atoms with Gasteiger partial charge >= 0.3 is 0 Å². The van der Waals surface area contributed by atoms with Gasteiger partial charge in [0, 0.05) is 36.7 Å². The number of fused-ring (bicyclic) bond motifs is 2. The van der Waals surface area contributed by atoms with E-state index in [0.29, 0.717) is 11.5 Å². The van der Waals surface area contributed by atoms with E-state index in [4.69, 9.17) is 0 Å². The van der Waals surface area contributed by atoms with Crippen LogP contribution in [0, 0.1) is 0 Å². The van der Waals surface area contributed by atoms with E-state index in [2.05, 4.69) is 15.0 Å². The molecule has 1 atom stereocenters. The molecule has 1 saturated heterocycles. The molecule has 0 N–H and O–H groups in total. The van der Waals surface area contributed by atoms with Gasteiger partial charge in [-0.3, -0.25) is 14.2 Å². The zero-order valence-corrected chi connectivity index (χ0v) is 14.8. The number of amides is 1. The number of hydrogen-bond acceptors (Lipinski definition) is 4. The van der Waals surface area contributed by atoms with Crippen molar-refractivity contribution in [1.82, 2.24) is 24.3 Å². The van der Waals surface area contributed by atoms with Crippen molar-refractivity contribution in [3.8, 4) is 0 Å². The van der Waals surface area contributed by atoms with E-state index in [1.807, 2.05) is 58.1 Å². The van der Waals surface area contributed by atoms with Crippen LogP contribution in [-0.4, -0.2) is 36.7 Å². The number of nitrogens with zero attached hydrogens (tertiary/aromatic N) is 5. The van der Waals surface area contributed by atoms with Crippen molar-refractivity contribution in [1.29, 1.82) is 0 Å². The molecule has 0 spiro atoms. The maximum Gasteiger partial charge on any atom is 0.273 e.